The molecular formula is C14H15Cl2N3O. The zero-order valence-electron chi connectivity index (χ0n) is 11.3. The third kappa shape index (κ3) is 3.52. The minimum atomic E-state index is -0.0857. The predicted octanol–water partition coefficient (Wildman–Crippen LogP) is 3.61. The molecule has 0 fully saturated rings. The number of halogens is 2. The fourth-order valence-electron chi connectivity index (χ4n) is 1.84. The summed E-state index contributed by atoms with van der Waals surface area (Å²) in [6.07, 6.45) is 2.82. The summed E-state index contributed by atoms with van der Waals surface area (Å²) in [6, 6.07) is 4.98. The summed E-state index contributed by atoms with van der Waals surface area (Å²) in [5.74, 6) is -0.0857. The van der Waals surface area contributed by atoms with Gasteiger partial charge in [0.25, 0.3) is 0 Å². The molecule has 2 aromatic rings. The normalized spacial score (nSPS) is 10.6. The van der Waals surface area contributed by atoms with Gasteiger partial charge in [0.05, 0.1) is 16.9 Å². The lowest BCUT2D eigenvalue weighted by molar-refractivity contribution is -0.116. The van der Waals surface area contributed by atoms with Crippen LogP contribution in [-0.4, -0.2) is 15.7 Å². The quantitative estimate of drug-likeness (QED) is 0.937. The average Bonchev–Trinajstić information content (AvgIpc) is 2.71. The van der Waals surface area contributed by atoms with Crippen molar-refractivity contribution in [2.24, 2.45) is 7.05 Å². The molecule has 1 N–H and O–H groups in total. The van der Waals surface area contributed by atoms with Gasteiger partial charge in [0.2, 0.25) is 5.91 Å². The number of rotatable bonds is 4. The summed E-state index contributed by atoms with van der Waals surface area (Å²) in [7, 11) is 1.88. The van der Waals surface area contributed by atoms with Crippen LogP contribution in [0.5, 0.6) is 0 Å². The number of nitrogens with one attached hydrogen (secondary N) is 1. The van der Waals surface area contributed by atoms with Crippen LogP contribution >= 0.6 is 23.2 Å². The first-order valence-corrected chi connectivity index (χ1v) is 6.95. The van der Waals surface area contributed by atoms with Crippen molar-refractivity contribution in [2.75, 3.05) is 5.32 Å². The molecule has 0 unspecified atom stereocenters. The Balaban J connectivity index is 1.94. The minimum Gasteiger partial charge on any atom is -0.325 e. The van der Waals surface area contributed by atoms with Gasteiger partial charge in [-0.2, -0.15) is 5.10 Å². The maximum Gasteiger partial charge on any atom is 0.224 e. The Bertz CT molecular complexity index is 637. The monoisotopic (exact) mass is 311 g/mol. The number of hydrogen-bond donors (Lipinski definition) is 1. The Hall–Kier alpha value is -1.52. The van der Waals surface area contributed by atoms with Crippen LogP contribution in [0.3, 0.4) is 0 Å². The van der Waals surface area contributed by atoms with E-state index in [4.69, 9.17) is 23.2 Å². The largest absolute Gasteiger partial charge is 0.325 e. The zero-order valence-corrected chi connectivity index (χ0v) is 12.8. The second kappa shape index (κ2) is 6.29. The van der Waals surface area contributed by atoms with Gasteiger partial charge >= 0.3 is 0 Å². The molecule has 106 valence electrons. The standard InChI is InChI=1S/C14H15Cl2N3O/c1-9-10(8-17-19(9)2)3-6-14(20)18-13-5-4-11(15)7-12(13)16/h4-5,7-8H,3,6H2,1-2H3,(H,18,20). The van der Waals surface area contributed by atoms with Gasteiger partial charge in [-0.15, -0.1) is 0 Å². The molecule has 1 amide bonds. The van der Waals surface area contributed by atoms with E-state index in [9.17, 15) is 4.79 Å². The van der Waals surface area contributed by atoms with Crippen LogP contribution in [0, 0.1) is 6.92 Å². The van der Waals surface area contributed by atoms with Gasteiger partial charge in [-0.25, -0.2) is 0 Å². The molecule has 4 nitrogen and oxygen atoms in total. The number of nitrogens with zero attached hydrogens (tertiary/aromatic N) is 2. The topological polar surface area (TPSA) is 46.9 Å². The summed E-state index contributed by atoms with van der Waals surface area (Å²) in [4.78, 5) is 11.9. The van der Waals surface area contributed by atoms with E-state index in [1.54, 1.807) is 29.1 Å². The lowest BCUT2D eigenvalue weighted by Gasteiger charge is -2.07. The van der Waals surface area contributed by atoms with Crippen LogP contribution in [0.4, 0.5) is 5.69 Å². The summed E-state index contributed by atoms with van der Waals surface area (Å²) in [5, 5.41) is 7.90. The molecule has 0 radical (unpaired) electrons. The Kier molecular flexibility index (Phi) is 4.68. The van der Waals surface area contributed by atoms with Crippen molar-refractivity contribution >= 4 is 34.8 Å². The van der Waals surface area contributed by atoms with E-state index in [0.29, 0.717) is 28.6 Å². The first-order valence-electron chi connectivity index (χ1n) is 6.19. The highest BCUT2D eigenvalue weighted by atomic mass is 35.5. The highest BCUT2D eigenvalue weighted by molar-refractivity contribution is 6.36. The summed E-state index contributed by atoms with van der Waals surface area (Å²) in [6.45, 7) is 1.98. The summed E-state index contributed by atoms with van der Waals surface area (Å²) >= 11 is 11.8. The van der Waals surface area contributed by atoms with E-state index in [-0.39, 0.29) is 5.91 Å². The van der Waals surface area contributed by atoms with Crippen LogP contribution < -0.4 is 5.32 Å². The Morgan fingerprint density at radius 2 is 2.15 bits per heavy atom. The van der Waals surface area contributed by atoms with Gasteiger partial charge in [0, 0.05) is 24.2 Å². The summed E-state index contributed by atoms with van der Waals surface area (Å²) in [5.41, 5.74) is 2.72. The smallest absolute Gasteiger partial charge is 0.224 e. The second-order valence-electron chi connectivity index (χ2n) is 4.55. The van der Waals surface area contributed by atoms with Crippen molar-refractivity contribution in [1.82, 2.24) is 9.78 Å². The first-order chi connectivity index (χ1) is 9.47. The SMILES string of the molecule is Cc1c(CCC(=O)Nc2ccc(Cl)cc2Cl)cnn1C. The number of aryl methyl sites for hydroxylation is 2. The molecule has 0 aliphatic carbocycles. The molecule has 1 aromatic heterocycles. The lowest BCUT2D eigenvalue weighted by atomic mass is 10.1. The highest BCUT2D eigenvalue weighted by Crippen LogP contribution is 2.25. The molecule has 20 heavy (non-hydrogen) atoms. The number of carbonyl (C=O) groups excluding carboxylic acids is 1. The van der Waals surface area contributed by atoms with Crippen LogP contribution in [0.15, 0.2) is 24.4 Å². The van der Waals surface area contributed by atoms with Crippen molar-refractivity contribution in [2.45, 2.75) is 19.8 Å². The fourth-order valence-corrected chi connectivity index (χ4v) is 2.30. The number of anilines is 1. The molecule has 0 saturated carbocycles. The maximum atomic E-state index is 11.9. The van der Waals surface area contributed by atoms with Gasteiger partial charge in [0.15, 0.2) is 0 Å². The average molecular weight is 312 g/mol. The van der Waals surface area contributed by atoms with E-state index in [2.05, 4.69) is 10.4 Å². The number of carbonyl (C=O) groups is 1. The van der Waals surface area contributed by atoms with Gasteiger partial charge in [-0.3, -0.25) is 9.48 Å². The van der Waals surface area contributed by atoms with Crippen molar-refractivity contribution in [3.05, 3.63) is 45.7 Å². The van der Waals surface area contributed by atoms with E-state index in [1.165, 1.54) is 0 Å². The summed E-state index contributed by atoms with van der Waals surface area (Å²) < 4.78 is 1.79. The first kappa shape index (κ1) is 14.9. The van der Waals surface area contributed by atoms with Crippen LogP contribution in [0.1, 0.15) is 17.7 Å². The molecule has 2 rings (SSSR count). The van der Waals surface area contributed by atoms with Crippen LogP contribution in [0.2, 0.25) is 10.0 Å². The Morgan fingerprint density at radius 1 is 1.40 bits per heavy atom. The van der Waals surface area contributed by atoms with Crippen molar-refractivity contribution < 1.29 is 4.79 Å². The lowest BCUT2D eigenvalue weighted by Crippen LogP contribution is -2.12. The van der Waals surface area contributed by atoms with E-state index < -0.39 is 0 Å². The van der Waals surface area contributed by atoms with Crippen LogP contribution in [-0.2, 0) is 18.3 Å². The fraction of sp³-hybridized carbons (Fsp3) is 0.286. The van der Waals surface area contributed by atoms with Crippen molar-refractivity contribution in [3.8, 4) is 0 Å². The molecule has 0 bridgehead atoms. The maximum absolute atomic E-state index is 11.9. The molecular weight excluding hydrogens is 297 g/mol. The molecule has 0 saturated heterocycles. The second-order valence-corrected chi connectivity index (χ2v) is 5.39. The third-order valence-electron chi connectivity index (χ3n) is 3.16. The molecule has 0 aliphatic heterocycles. The molecule has 0 spiro atoms. The van der Waals surface area contributed by atoms with Gasteiger partial charge in [-0.05, 0) is 37.1 Å². The number of hydrogen-bond acceptors (Lipinski definition) is 2. The van der Waals surface area contributed by atoms with Crippen molar-refractivity contribution in [3.63, 3.8) is 0 Å². The van der Waals surface area contributed by atoms with Gasteiger partial charge in [-0.1, -0.05) is 23.2 Å². The van der Waals surface area contributed by atoms with Crippen molar-refractivity contribution in [1.29, 1.82) is 0 Å². The molecule has 0 atom stereocenters. The van der Waals surface area contributed by atoms with Crippen LogP contribution in [0.25, 0.3) is 0 Å². The molecule has 6 heteroatoms. The number of aromatic nitrogens is 2. The van der Waals surface area contributed by atoms with E-state index in [0.717, 1.165) is 11.3 Å². The van der Waals surface area contributed by atoms with Gasteiger partial charge in [0.1, 0.15) is 0 Å². The molecule has 0 aliphatic rings. The minimum absolute atomic E-state index is 0.0857. The Morgan fingerprint density at radius 3 is 2.75 bits per heavy atom. The predicted molar refractivity (Wildman–Crippen MR) is 81.4 cm³/mol. The molecule has 1 heterocycles. The Labute approximate surface area is 127 Å². The number of benzene rings is 1. The van der Waals surface area contributed by atoms with E-state index >= 15 is 0 Å². The van der Waals surface area contributed by atoms with E-state index in [1.807, 2.05) is 14.0 Å². The third-order valence-corrected chi connectivity index (χ3v) is 3.71. The highest BCUT2D eigenvalue weighted by Gasteiger charge is 2.09. The number of amides is 1. The zero-order chi connectivity index (χ0) is 14.7. The molecule has 1 aromatic carbocycles. The van der Waals surface area contributed by atoms with Gasteiger partial charge < -0.3 is 5.32 Å².